The van der Waals surface area contributed by atoms with Crippen LogP contribution in [0.3, 0.4) is 0 Å². The van der Waals surface area contributed by atoms with Crippen molar-refractivity contribution in [2.75, 3.05) is 24.7 Å². The van der Waals surface area contributed by atoms with Gasteiger partial charge in [-0.05, 0) is 0 Å². The van der Waals surface area contributed by atoms with Crippen molar-refractivity contribution in [1.82, 2.24) is 0 Å². The minimum absolute atomic E-state index is 0.00306. The monoisotopic (exact) mass is 205 g/mol. The van der Waals surface area contributed by atoms with Crippen LogP contribution in [0.2, 0.25) is 0 Å². The molecule has 0 bridgehead atoms. The van der Waals surface area contributed by atoms with Crippen LogP contribution in [0.15, 0.2) is 0 Å². The van der Waals surface area contributed by atoms with E-state index in [4.69, 9.17) is 15.1 Å². The first-order chi connectivity index (χ1) is 6.04. The number of ether oxygens (including phenoxy) is 1. The molecule has 0 aromatic heterocycles. The number of hydrogen-bond donors (Lipinski definition) is 1. The molecular weight excluding hydrogens is 194 g/mol. The first-order valence-electron chi connectivity index (χ1n) is 3.90. The van der Waals surface area contributed by atoms with Gasteiger partial charge in [0.25, 0.3) is 0 Å². The lowest BCUT2D eigenvalue weighted by Crippen LogP contribution is -2.33. The van der Waals surface area contributed by atoms with E-state index < -0.39 is 15.4 Å². The maximum absolute atomic E-state index is 11.1. The summed E-state index contributed by atoms with van der Waals surface area (Å²) in [6.45, 7) is -0.202. The normalized spacial score (nSPS) is 31.4. The fourth-order valence-electron chi connectivity index (χ4n) is 1.30. The van der Waals surface area contributed by atoms with E-state index in [9.17, 15) is 8.42 Å². The molecule has 13 heavy (non-hydrogen) atoms. The average Bonchev–Trinajstić information content (AvgIpc) is 2.40. The molecule has 0 aromatic rings. The van der Waals surface area contributed by atoms with E-state index in [1.54, 1.807) is 0 Å². The van der Waals surface area contributed by atoms with Gasteiger partial charge in [-0.3, -0.25) is 0 Å². The number of aliphatic hydroxyl groups excluding tert-OH is 1. The van der Waals surface area contributed by atoms with E-state index in [2.05, 4.69) is 0 Å². The van der Waals surface area contributed by atoms with Crippen LogP contribution in [-0.2, 0) is 14.6 Å². The Bertz CT molecular complexity index is 318. The van der Waals surface area contributed by atoms with Gasteiger partial charge in [0, 0.05) is 6.42 Å². The molecule has 1 N–H and O–H groups in total. The first-order valence-corrected chi connectivity index (χ1v) is 5.72. The largest absolute Gasteiger partial charge is 0.394 e. The number of aliphatic hydroxyl groups is 1. The van der Waals surface area contributed by atoms with Crippen LogP contribution in [0.5, 0.6) is 0 Å². The third-order valence-corrected chi connectivity index (χ3v) is 3.68. The summed E-state index contributed by atoms with van der Waals surface area (Å²) in [5.41, 5.74) is -1.22. The summed E-state index contributed by atoms with van der Waals surface area (Å²) < 4.78 is 27.2. The molecule has 0 amide bonds. The molecule has 0 saturated carbocycles. The predicted octanol–water partition coefficient (Wildman–Crippen LogP) is -0.924. The molecule has 74 valence electrons. The van der Waals surface area contributed by atoms with Crippen molar-refractivity contribution in [1.29, 1.82) is 5.26 Å². The van der Waals surface area contributed by atoms with E-state index in [0.717, 1.165) is 0 Å². The molecular formula is C7H11NO4S. The summed E-state index contributed by atoms with van der Waals surface area (Å²) >= 11 is 0. The second kappa shape index (κ2) is 3.62. The highest BCUT2D eigenvalue weighted by Crippen LogP contribution is 2.26. The number of nitriles is 1. The number of hydrogen-bond acceptors (Lipinski definition) is 5. The minimum atomic E-state index is -3.13. The fraction of sp³-hybridized carbons (Fsp3) is 0.857. The third-order valence-electron chi connectivity index (χ3n) is 1.94. The molecule has 1 saturated heterocycles. The maximum atomic E-state index is 11.1. The van der Waals surface area contributed by atoms with Gasteiger partial charge >= 0.3 is 0 Å². The maximum Gasteiger partial charge on any atom is 0.169 e. The van der Waals surface area contributed by atoms with Gasteiger partial charge in [0.05, 0.1) is 30.8 Å². The van der Waals surface area contributed by atoms with Gasteiger partial charge in [0.15, 0.2) is 15.4 Å². The molecule has 1 aliphatic heterocycles. The Morgan fingerprint density at radius 2 is 2.31 bits per heavy atom. The van der Waals surface area contributed by atoms with Crippen LogP contribution >= 0.6 is 0 Å². The van der Waals surface area contributed by atoms with E-state index in [1.165, 1.54) is 0 Å². The first kappa shape index (κ1) is 10.4. The second-order valence-corrected chi connectivity index (χ2v) is 5.20. The Morgan fingerprint density at radius 3 is 2.69 bits per heavy atom. The Kier molecular flexibility index (Phi) is 2.91. The van der Waals surface area contributed by atoms with E-state index in [1.807, 2.05) is 6.07 Å². The molecule has 0 aromatic carbocycles. The van der Waals surface area contributed by atoms with E-state index in [-0.39, 0.29) is 31.1 Å². The van der Waals surface area contributed by atoms with Gasteiger partial charge in [0.1, 0.15) is 0 Å². The van der Waals surface area contributed by atoms with Crippen LogP contribution in [0.25, 0.3) is 0 Å². The molecule has 5 nitrogen and oxygen atoms in total. The second-order valence-electron chi connectivity index (χ2n) is 3.02. The van der Waals surface area contributed by atoms with Gasteiger partial charge < -0.3 is 9.84 Å². The zero-order valence-electron chi connectivity index (χ0n) is 7.06. The SMILES string of the molecule is N#CC1(OCCO)CCS(=O)(=O)C1. The van der Waals surface area contributed by atoms with Crippen molar-refractivity contribution >= 4 is 9.84 Å². The van der Waals surface area contributed by atoms with Crippen LogP contribution < -0.4 is 0 Å². The summed E-state index contributed by atoms with van der Waals surface area (Å²) in [6, 6.07) is 1.86. The highest BCUT2D eigenvalue weighted by atomic mass is 32.2. The number of sulfone groups is 1. The van der Waals surface area contributed by atoms with Gasteiger partial charge in [-0.2, -0.15) is 5.26 Å². The Morgan fingerprint density at radius 1 is 1.62 bits per heavy atom. The fourth-order valence-corrected chi connectivity index (χ4v) is 3.08. The highest BCUT2D eigenvalue weighted by molar-refractivity contribution is 7.91. The summed E-state index contributed by atoms with van der Waals surface area (Å²) in [6.07, 6.45) is 0.200. The van der Waals surface area contributed by atoms with Crippen LogP contribution in [0, 0.1) is 11.3 Å². The molecule has 6 heteroatoms. The van der Waals surface area contributed by atoms with Crippen LogP contribution in [-0.4, -0.2) is 43.8 Å². The summed E-state index contributed by atoms with van der Waals surface area (Å²) in [7, 11) is -3.13. The minimum Gasteiger partial charge on any atom is -0.394 e. The lowest BCUT2D eigenvalue weighted by Gasteiger charge is -2.18. The number of rotatable bonds is 3. The van der Waals surface area contributed by atoms with Gasteiger partial charge in [-0.1, -0.05) is 0 Å². The molecule has 0 aliphatic carbocycles. The standard InChI is InChI=1S/C7H11NO4S/c8-5-7(12-3-2-9)1-4-13(10,11)6-7/h9H,1-4,6H2. The zero-order chi connectivity index (χ0) is 9.95. The van der Waals surface area contributed by atoms with Crippen molar-refractivity contribution in [3.8, 4) is 6.07 Å². The molecule has 1 heterocycles. The molecule has 0 radical (unpaired) electrons. The van der Waals surface area contributed by atoms with Crippen molar-refractivity contribution in [2.24, 2.45) is 0 Å². The quantitative estimate of drug-likeness (QED) is 0.643. The average molecular weight is 205 g/mol. The van der Waals surface area contributed by atoms with E-state index >= 15 is 0 Å². The Labute approximate surface area is 76.8 Å². The Balaban J connectivity index is 2.70. The van der Waals surface area contributed by atoms with Crippen LogP contribution in [0.4, 0.5) is 0 Å². The van der Waals surface area contributed by atoms with Gasteiger partial charge in [-0.15, -0.1) is 0 Å². The third kappa shape index (κ3) is 2.40. The molecule has 1 unspecified atom stereocenters. The van der Waals surface area contributed by atoms with Gasteiger partial charge in [0.2, 0.25) is 0 Å². The van der Waals surface area contributed by atoms with Crippen molar-refractivity contribution < 1.29 is 18.3 Å². The lowest BCUT2D eigenvalue weighted by atomic mass is 10.1. The van der Waals surface area contributed by atoms with E-state index in [0.29, 0.717) is 0 Å². The highest BCUT2D eigenvalue weighted by Gasteiger charge is 2.43. The van der Waals surface area contributed by atoms with Gasteiger partial charge in [-0.25, -0.2) is 8.42 Å². The zero-order valence-corrected chi connectivity index (χ0v) is 7.88. The summed E-state index contributed by atoms with van der Waals surface area (Å²) in [4.78, 5) is 0. The topological polar surface area (TPSA) is 87.4 Å². The smallest absolute Gasteiger partial charge is 0.169 e. The molecule has 1 atom stereocenters. The Hall–Kier alpha value is -0.640. The lowest BCUT2D eigenvalue weighted by molar-refractivity contribution is -0.00246. The molecule has 0 spiro atoms. The van der Waals surface area contributed by atoms with Crippen molar-refractivity contribution in [3.05, 3.63) is 0 Å². The van der Waals surface area contributed by atoms with Crippen molar-refractivity contribution in [2.45, 2.75) is 12.0 Å². The summed E-state index contributed by atoms with van der Waals surface area (Å²) in [5.74, 6) is -0.261. The molecule has 1 fully saturated rings. The number of nitrogens with zero attached hydrogens (tertiary/aromatic N) is 1. The molecule has 1 aliphatic rings. The molecule has 1 rings (SSSR count). The van der Waals surface area contributed by atoms with Crippen LogP contribution in [0.1, 0.15) is 6.42 Å². The van der Waals surface area contributed by atoms with Crippen molar-refractivity contribution in [3.63, 3.8) is 0 Å². The summed E-state index contributed by atoms with van der Waals surface area (Å²) in [5, 5.41) is 17.2. The predicted molar refractivity (Wildman–Crippen MR) is 44.7 cm³/mol.